The van der Waals surface area contributed by atoms with Crippen LogP contribution >= 0.6 is 0 Å². The molecule has 0 heterocycles. The first-order valence-electron chi connectivity index (χ1n) is 3.59. The summed E-state index contributed by atoms with van der Waals surface area (Å²) in [6.45, 7) is 0. The van der Waals surface area contributed by atoms with Crippen LogP contribution in [-0.4, -0.2) is 6.03 Å². The fraction of sp³-hybridized carbons (Fsp3) is 0.125. The molecule has 1 aromatic carbocycles. The van der Waals surface area contributed by atoms with Crippen molar-refractivity contribution in [2.45, 2.75) is 6.18 Å². The molecule has 1 aromatic rings. The highest BCUT2D eigenvalue weighted by Crippen LogP contribution is 2.30. The molecule has 0 saturated heterocycles. The Balaban J connectivity index is 2.95. The smallest absolute Gasteiger partial charge is 0.307 e. The van der Waals surface area contributed by atoms with Crippen LogP contribution in [0.1, 0.15) is 5.56 Å². The van der Waals surface area contributed by atoms with Gasteiger partial charge in [-0.25, -0.2) is 10.5 Å². The summed E-state index contributed by atoms with van der Waals surface area (Å²) >= 11 is 0. The summed E-state index contributed by atoms with van der Waals surface area (Å²) in [5.41, 5.74) is 5.61. The molecule has 75 valence electrons. The molecule has 6 heteroatoms. The molecule has 0 atom stereocenters. The van der Waals surface area contributed by atoms with Crippen molar-refractivity contribution in [1.82, 2.24) is 5.73 Å². The van der Waals surface area contributed by atoms with Gasteiger partial charge in [-0.1, -0.05) is 6.07 Å². The average molecular weight is 203 g/mol. The van der Waals surface area contributed by atoms with Crippen LogP contribution in [0.15, 0.2) is 24.3 Å². The van der Waals surface area contributed by atoms with E-state index in [0.717, 1.165) is 18.2 Å². The van der Waals surface area contributed by atoms with Gasteiger partial charge in [0.1, 0.15) is 0 Å². The molecule has 0 fully saturated rings. The number of benzene rings is 1. The zero-order valence-corrected chi connectivity index (χ0v) is 6.85. The van der Waals surface area contributed by atoms with E-state index in [-0.39, 0.29) is 5.69 Å². The number of amides is 2. The Kier molecular flexibility index (Phi) is 2.64. The van der Waals surface area contributed by atoms with Gasteiger partial charge < -0.3 is 5.32 Å². The lowest BCUT2D eigenvalue weighted by molar-refractivity contribution is -0.137. The minimum absolute atomic E-state index is 0.0418. The zero-order valence-electron chi connectivity index (χ0n) is 6.85. The summed E-state index contributed by atoms with van der Waals surface area (Å²) < 4.78 is 36.4. The number of hydrogen-bond donors (Lipinski definition) is 1. The Labute approximate surface area is 77.7 Å². The van der Waals surface area contributed by atoms with Gasteiger partial charge in [0, 0.05) is 5.69 Å². The van der Waals surface area contributed by atoms with Crippen LogP contribution in [-0.2, 0) is 6.18 Å². The number of alkyl halides is 3. The normalized spacial score (nSPS) is 11.1. The van der Waals surface area contributed by atoms with Crippen LogP contribution in [0.3, 0.4) is 0 Å². The predicted molar refractivity (Wildman–Crippen MR) is 43.6 cm³/mol. The monoisotopic (exact) mass is 203 g/mol. The minimum atomic E-state index is -4.44. The average Bonchev–Trinajstić information content (AvgIpc) is 2.01. The summed E-state index contributed by atoms with van der Waals surface area (Å²) in [7, 11) is 0. The van der Waals surface area contributed by atoms with Gasteiger partial charge in [-0.05, 0) is 18.2 Å². The van der Waals surface area contributed by atoms with E-state index in [1.54, 1.807) is 0 Å². The van der Waals surface area contributed by atoms with E-state index in [9.17, 15) is 18.0 Å². The molecule has 3 nitrogen and oxygen atoms in total. The second kappa shape index (κ2) is 3.57. The molecule has 0 aliphatic carbocycles. The first kappa shape index (κ1) is 10.4. The van der Waals surface area contributed by atoms with Crippen molar-refractivity contribution in [3.05, 3.63) is 29.8 Å². The number of anilines is 1. The molecule has 2 amide bonds. The molecule has 0 unspecified atom stereocenters. The highest BCUT2D eigenvalue weighted by atomic mass is 19.4. The molecule has 2 N–H and O–H groups in total. The van der Waals surface area contributed by atoms with E-state index in [1.165, 1.54) is 6.07 Å². The number of urea groups is 1. The molecule has 14 heavy (non-hydrogen) atoms. The van der Waals surface area contributed by atoms with Gasteiger partial charge in [-0.3, -0.25) is 0 Å². The molecule has 0 saturated carbocycles. The fourth-order valence-corrected chi connectivity index (χ4v) is 0.904. The summed E-state index contributed by atoms with van der Waals surface area (Å²) in [5, 5.41) is 1.94. The second-order valence-corrected chi connectivity index (χ2v) is 2.53. The molecule has 0 aromatic heterocycles. The van der Waals surface area contributed by atoms with Crippen molar-refractivity contribution in [3.8, 4) is 0 Å². The number of carbonyl (C=O) groups is 1. The number of carbonyl (C=O) groups excluding carboxylic acids is 1. The van der Waals surface area contributed by atoms with Crippen molar-refractivity contribution in [1.29, 1.82) is 0 Å². The Morgan fingerprint density at radius 1 is 1.36 bits per heavy atom. The molecule has 0 aliphatic rings. The van der Waals surface area contributed by atoms with Crippen LogP contribution in [0.2, 0.25) is 0 Å². The van der Waals surface area contributed by atoms with Crippen LogP contribution in [0.25, 0.3) is 0 Å². The van der Waals surface area contributed by atoms with Gasteiger partial charge in [-0.2, -0.15) is 13.2 Å². The zero-order chi connectivity index (χ0) is 10.8. The predicted octanol–water partition coefficient (Wildman–Crippen LogP) is 2.52. The molecule has 0 bridgehead atoms. The number of hydrogen-bond acceptors (Lipinski definition) is 1. The van der Waals surface area contributed by atoms with E-state index >= 15 is 0 Å². The summed E-state index contributed by atoms with van der Waals surface area (Å²) in [6.07, 6.45) is -4.44. The van der Waals surface area contributed by atoms with Crippen molar-refractivity contribution in [2.75, 3.05) is 5.32 Å². The van der Waals surface area contributed by atoms with Gasteiger partial charge in [0.05, 0.1) is 5.56 Å². The summed E-state index contributed by atoms with van der Waals surface area (Å²) in [6, 6.07) is 2.95. The topological polar surface area (TPSA) is 52.9 Å². The number of rotatable bonds is 1. The number of nitrogens with one attached hydrogen (secondary N) is 2. The van der Waals surface area contributed by atoms with Gasteiger partial charge in [-0.15, -0.1) is 0 Å². The van der Waals surface area contributed by atoms with E-state index in [0.29, 0.717) is 0 Å². The molecule has 1 rings (SSSR count). The largest absolute Gasteiger partial charge is 0.416 e. The minimum Gasteiger partial charge on any atom is -0.307 e. The third kappa shape index (κ3) is 2.65. The Hall–Kier alpha value is -1.72. The molecular weight excluding hydrogens is 197 g/mol. The lowest BCUT2D eigenvalue weighted by Gasteiger charge is -2.08. The Morgan fingerprint density at radius 2 is 2.00 bits per heavy atom. The van der Waals surface area contributed by atoms with Crippen LogP contribution in [0.4, 0.5) is 23.7 Å². The maximum atomic E-state index is 12.1. The fourth-order valence-electron chi connectivity index (χ4n) is 0.904. The maximum absolute atomic E-state index is 12.1. The second-order valence-electron chi connectivity index (χ2n) is 2.53. The summed E-state index contributed by atoms with van der Waals surface area (Å²) in [4.78, 5) is 10.2. The molecular formula is C8H6F3N2O. The summed E-state index contributed by atoms with van der Waals surface area (Å²) in [5.74, 6) is 0. The van der Waals surface area contributed by atoms with Gasteiger partial charge in [0.25, 0.3) is 0 Å². The van der Waals surface area contributed by atoms with E-state index in [2.05, 4.69) is 0 Å². The van der Waals surface area contributed by atoms with E-state index < -0.39 is 17.8 Å². The molecule has 0 aliphatic heterocycles. The quantitative estimate of drug-likeness (QED) is 0.749. The van der Waals surface area contributed by atoms with Crippen LogP contribution < -0.4 is 11.1 Å². The first-order chi connectivity index (χ1) is 6.39. The highest BCUT2D eigenvalue weighted by molar-refractivity contribution is 5.87. The van der Waals surface area contributed by atoms with E-state index in [4.69, 9.17) is 5.73 Å². The number of halogens is 3. The lowest BCUT2D eigenvalue weighted by Crippen LogP contribution is -2.11. The van der Waals surface area contributed by atoms with Crippen LogP contribution in [0, 0.1) is 0 Å². The van der Waals surface area contributed by atoms with Gasteiger partial charge >= 0.3 is 12.2 Å². The van der Waals surface area contributed by atoms with Gasteiger partial charge in [0.15, 0.2) is 0 Å². The van der Waals surface area contributed by atoms with Crippen molar-refractivity contribution < 1.29 is 18.0 Å². The Morgan fingerprint density at radius 3 is 2.50 bits per heavy atom. The SMILES string of the molecule is [NH]C(=O)Nc1cccc(C(F)(F)F)c1. The third-order valence-corrected chi connectivity index (χ3v) is 1.45. The lowest BCUT2D eigenvalue weighted by atomic mass is 10.2. The van der Waals surface area contributed by atoms with Crippen molar-refractivity contribution in [3.63, 3.8) is 0 Å². The van der Waals surface area contributed by atoms with E-state index in [1.807, 2.05) is 5.32 Å². The maximum Gasteiger partial charge on any atom is 0.416 e. The first-order valence-corrected chi connectivity index (χ1v) is 3.59. The molecule has 1 radical (unpaired) electrons. The highest BCUT2D eigenvalue weighted by Gasteiger charge is 2.30. The van der Waals surface area contributed by atoms with Crippen LogP contribution in [0.5, 0.6) is 0 Å². The standard InChI is InChI=1S/C8H6F3N2O/c9-8(10,11)5-2-1-3-6(4-5)13-7(12)14/h1-4,12H,(H,13,14). The van der Waals surface area contributed by atoms with Crippen molar-refractivity contribution in [2.24, 2.45) is 0 Å². The molecule has 0 spiro atoms. The third-order valence-electron chi connectivity index (χ3n) is 1.45. The van der Waals surface area contributed by atoms with Crippen molar-refractivity contribution >= 4 is 11.7 Å². The van der Waals surface area contributed by atoms with Gasteiger partial charge in [0.2, 0.25) is 0 Å². The Bertz CT molecular complexity index is 349.